The second-order valence-corrected chi connectivity index (χ2v) is 10.8. The van der Waals surface area contributed by atoms with E-state index < -0.39 is 0 Å². The van der Waals surface area contributed by atoms with Gasteiger partial charge in [0.25, 0.3) is 0 Å². The van der Waals surface area contributed by atoms with E-state index in [1.54, 1.807) is 22.7 Å². The molecule has 0 unspecified atom stereocenters. The fraction of sp³-hybridized carbons (Fsp3) is 0.346. The summed E-state index contributed by atoms with van der Waals surface area (Å²) in [6, 6.07) is 10.9. The van der Waals surface area contributed by atoms with E-state index in [0.717, 1.165) is 62.8 Å². The van der Waals surface area contributed by atoms with Crippen molar-refractivity contribution in [1.82, 2.24) is 20.6 Å². The monoisotopic (exact) mass is 491 g/mol. The van der Waals surface area contributed by atoms with Gasteiger partial charge in [-0.15, -0.1) is 22.7 Å². The molecule has 3 N–H and O–H groups in total. The minimum atomic E-state index is 0.0460. The van der Waals surface area contributed by atoms with Gasteiger partial charge in [0.2, 0.25) is 5.91 Å². The Morgan fingerprint density at radius 2 is 2.03 bits per heavy atom. The SMILES string of the molecule is CC[C@H](C)NCCC(=O)Nc1sc2c(c1-c1nc3cc(-c4ccncc4)ccc3s1)CCNC2. The highest BCUT2D eigenvalue weighted by molar-refractivity contribution is 7.23. The summed E-state index contributed by atoms with van der Waals surface area (Å²) >= 11 is 3.38. The third-order valence-corrected chi connectivity index (χ3v) is 8.45. The van der Waals surface area contributed by atoms with Crippen molar-refractivity contribution in [2.24, 2.45) is 0 Å². The molecule has 8 heteroatoms. The Hall–Kier alpha value is -2.65. The van der Waals surface area contributed by atoms with E-state index in [4.69, 9.17) is 4.98 Å². The van der Waals surface area contributed by atoms with Gasteiger partial charge in [-0.05, 0) is 67.3 Å². The molecule has 1 aromatic carbocycles. The maximum absolute atomic E-state index is 12.8. The van der Waals surface area contributed by atoms with E-state index in [9.17, 15) is 4.79 Å². The molecule has 1 aliphatic rings. The van der Waals surface area contributed by atoms with Crippen molar-refractivity contribution >= 4 is 43.8 Å². The highest BCUT2D eigenvalue weighted by atomic mass is 32.1. The van der Waals surface area contributed by atoms with Crippen molar-refractivity contribution in [3.8, 4) is 21.7 Å². The van der Waals surface area contributed by atoms with Gasteiger partial charge in [0.1, 0.15) is 10.0 Å². The zero-order chi connectivity index (χ0) is 23.5. The number of nitrogens with one attached hydrogen (secondary N) is 3. The zero-order valence-electron chi connectivity index (χ0n) is 19.5. The van der Waals surface area contributed by atoms with Crippen LogP contribution in [0.5, 0.6) is 0 Å². The number of hydrogen-bond donors (Lipinski definition) is 3. The molecule has 0 saturated carbocycles. The fourth-order valence-corrected chi connectivity index (χ4v) is 6.50. The Kier molecular flexibility index (Phi) is 7.01. The van der Waals surface area contributed by atoms with Gasteiger partial charge >= 0.3 is 0 Å². The molecule has 1 amide bonds. The van der Waals surface area contributed by atoms with Crippen LogP contribution in [-0.2, 0) is 17.8 Å². The molecule has 6 nitrogen and oxygen atoms in total. The zero-order valence-corrected chi connectivity index (χ0v) is 21.1. The van der Waals surface area contributed by atoms with Crippen molar-refractivity contribution in [3.63, 3.8) is 0 Å². The van der Waals surface area contributed by atoms with Crippen molar-refractivity contribution in [3.05, 3.63) is 53.2 Å². The molecule has 0 fully saturated rings. The van der Waals surface area contributed by atoms with Crippen molar-refractivity contribution in [2.45, 2.75) is 45.7 Å². The molecule has 176 valence electrons. The predicted octanol–water partition coefficient (Wildman–Crippen LogP) is 5.45. The Bertz CT molecular complexity index is 1300. The molecule has 4 aromatic rings. The molecule has 1 atom stereocenters. The maximum Gasteiger partial charge on any atom is 0.226 e. The van der Waals surface area contributed by atoms with Gasteiger partial charge in [-0.1, -0.05) is 13.0 Å². The molecule has 0 aliphatic carbocycles. The Balaban J connectivity index is 1.45. The highest BCUT2D eigenvalue weighted by Crippen LogP contribution is 2.45. The summed E-state index contributed by atoms with van der Waals surface area (Å²) in [6.45, 7) is 6.76. The number of rotatable bonds is 8. The number of carbonyl (C=O) groups excluding carboxylic acids is 1. The lowest BCUT2D eigenvalue weighted by atomic mass is 10.0. The van der Waals surface area contributed by atoms with Crippen LogP contribution < -0.4 is 16.0 Å². The maximum atomic E-state index is 12.8. The third kappa shape index (κ3) is 4.90. The van der Waals surface area contributed by atoms with Crippen LogP contribution >= 0.6 is 22.7 Å². The highest BCUT2D eigenvalue weighted by Gasteiger charge is 2.25. The van der Waals surface area contributed by atoms with Gasteiger partial charge in [-0.25, -0.2) is 4.98 Å². The quantitative estimate of drug-likeness (QED) is 0.305. The Labute approximate surface area is 207 Å². The summed E-state index contributed by atoms with van der Waals surface area (Å²) in [5, 5.41) is 12.0. The Morgan fingerprint density at radius 1 is 1.18 bits per heavy atom. The van der Waals surface area contributed by atoms with E-state index in [1.807, 2.05) is 24.5 Å². The van der Waals surface area contributed by atoms with Crippen molar-refractivity contribution in [1.29, 1.82) is 0 Å². The minimum Gasteiger partial charge on any atom is -0.317 e. The van der Waals surface area contributed by atoms with Gasteiger partial charge in [-0.3, -0.25) is 9.78 Å². The summed E-state index contributed by atoms with van der Waals surface area (Å²) in [5.74, 6) is 0.0460. The lowest BCUT2D eigenvalue weighted by Crippen LogP contribution is -2.28. The number of fused-ring (bicyclic) bond motifs is 2. The van der Waals surface area contributed by atoms with E-state index in [1.165, 1.54) is 10.4 Å². The standard InChI is InChI=1S/C26H29N5OS2/c1-3-16(2)29-13-9-23(32)31-26-24(19-8-12-28-15-22(19)34-26)25-30-20-14-18(4-5-21(20)33-25)17-6-10-27-11-7-17/h4-7,10-11,14,16,28-29H,3,8-9,12-13,15H2,1-2H3,(H,31,32)/t16-/m0/s1. The molecule has 1 aliphatic heterocycles. The number of hydrogen-bond acceptors (Lipinski definition) is 7. The number of benzene rings is 1. The first kappa shape index (κ1) is 23.1. The number of thiophene rings is 1. The summed E-state index contributed by atoms with van der Waals surface area (Å²) in [6.07, 6.45) is 6.08. The van der Waals surface area contributed by atoms with E-state index in [0.29, 0.717) is 19.0 Å². The molecule has 34 heavy (non-hydrogen) atoms. The van der Waals surface area contributed by atoms with Gasteiger partial charge in [0, 0.05) is 48.4 Å². The average molecular weight is 492 g/mol. The van der Waals surface area contributed by atoms with Gasteiger partial charge in [0.15, 0.2) is 0 Å². The van der Waals surface area contributed by atoms with Crippen LogP contribution in [0.3, 0.4) is 0 Å². The first-order chi connectivity index (χ1) is 16.6. The number of thiazole rings is 1. The first-order valence-electron chi connectivity index (χ1n) is 11.8. The Morgan fingerprint density at radius 3 is 2.85 bits per heavy atom. The molecule has 0 radical (unpaired) electrons. The number of aromatic nitrogens is 2. The third-order valence-electron chi connectivity index (χ3n) is 6.25. The van der Waals surface area contributed by atoms with Crippen LogP contribution in [0.15, 0.2) is 42.7 Å². The predicted molar refractivity (Wildman–Crippen MR) is 143 cm³/mol. The van der Waals surface area contributed by atoms with E-state index in [2.05, 4.69) is 53.0 Å². The van der Waals surface area contributed by atoms with Crippen LogP contribution in [0.1, 0.15) is 37.1 Å². The molecule has 5 rings (SSSR count). The summed E-state index contributed by atoms with van der Waals surface area (Å²) in [5.41, 5.74) is 5.68. The van der Waals surface area contributed by atoms with Crippen LogP contribution in [0.4, 0.5) is 5.00 Å². The topological polar surface area (TPSA) is 78.9 Å². The number of nitrogens with zero attached hydrogens (tertiary/aromatic N) is 2. The van der Waals surface area contributed by atoms with Crippen LogP contribution in [0.2, 0.25) is 0 Å². The number of pyridine rings is 1. The largest absolute Gasteiger partial charge is 0.317 e. The van der Waals surface area contributed by atoms with Gasteiger partial charge in [0.05, 0.1) is 10.2 Å². The number of amides is 1. The van der Waals surface area contributed by atoms with E-state index >= 15 is 0 Å². The summed E-state index contributed by atoms with van der Waals surface area (Å²) in [4.78, 5) is 23.2. The second kappa shape index (κ2) is 10.3. The normalized spacial score (nSPS) is 14.2. The van der Waals surface area contributed by atoms with Crippen LogP contribution in [0, 0.1) is 0 Å². The van der Waals surface area contributed by atoms with Gasteiger partial charge < -0.3 is 16.0 Å². The first-order valence-corrected chi connectivity index (χ1v) is 13.5. The molecule has 4 heterocycles. The van der Waals surface area contributed by atoms with Crippen LogP contribution in [0.25, 0.3) is 31.9 Å². The smallest absolute Gasteiger partial charge is 0.226 e. The molecule has 0 spiro atoms. The number of anilines is 1. The fourth-order valence-electron chi connectivity index (χ4n) is 4.17. The summed E-state index contributed by atoms with van der Waals surface area (Å²) in [7, 11) is 0. The van der Waals surface area contributed by atoms with E-state index in [-0.39, 0.29) is 5.91 Å². The number of carbonyl (C=O) groups is 1. The molecule has 0 bridgehead atoms. The summed E-state index contributed by atoms with van der Waals surface area (Å²) < 4.78 is 1.15. The van der Waals surface area contributed by atoms with Gasteiger partial charge in [-0.2, -0.15) is 0 Å². The lowest BCUT2D eigenvalue weighted by Gasteiger charge is -2.13. The average Bonchev–Trinajstić information content (AvgIpc) is 3.44. The second-order valence-electron chi connectivity index (χ2n) is 8.63. The molecular formula is C26H29N5OS2. The van der Waals surface area contributed by atoms with Crippen molar-refractivity contribution < 1.29 is 4.79 Å². The lowest BCUT2D eigenvalue weighted by molar-refractivity contribution is -0.116. The van der Waals surface area contributed by atoms with Crippen molar-refractivity contribution in [2.75, 3.05) is 18.4 Å². The molecule has 0 saturated heterocycles. The molecule has 3 aromatic heterocycles. The molecular weight excluding hydrogens is 462 g/mol. The minimum absolute atomic E-state index is 0.0460. The van der Waals surface area contributed by atoms with Crippen LogP contribution in [-0.4, -0.2) is 35.0 Å².